The number of carbonyl (C=O) groups excluding carboxylic acids is 1. The number of benzene rings is 3. The van der Waals surface area contributed by atoms with Gasteiger partial charge in [0.15, 0.2) is 0 Å². The van der Waals surface area contributed by atoms with Crippen LogP contribution in [0.4, 0.5) is 0 Å². The van der Waals surface area contributed by atoms with Crippen molar-refractivity contribution >= 4 is 16.9 Å². The second kappa shape index (κ2) is 6.84. The minimum absolute atomic E-state index is 0.0544. The van der Waals surface area contributed by atoms with E-state index < -0.39 is 0 Å². The molecule has 0 spiro atoms. The fraction of sp³-hybridized carbons (Fsp3) is 0.0909. The molecule has 0 fully saturated rings. The molecule has 4 nitrogen and oxygen atoms in total. The quantitative estimate of drug-likeness (QED) is 0.593. The molecule has 1 aromatic heterocycles. The molecule has 1 amide bonds. The van der Waals surface area contributed by atoms with Crippen LogP contribution in [0.1, 0.15) is 28.9 Å². The van der Waals surface area contributed by atoms with E-state index in [2.05, 4.69) is 10.3 Å². The first-order valence-corrected chi connectivity index (χ1v) is 8.61. The second-order valence-corrected chi connectivity index (χ2v) is 6.26. The van der Waals surface area contributed by atoms with Crippen LogP contribution in [0.15, 0.2) is 85.2 Å². The Morgan fingerprint density at radius 2 is 1.65 bits per heavy atom. The van der Waals surface area contributed by atoms with Crippen LogP contribution in [-0.2, 0) is 0 Å². The number of hydrogen-bond donors (Lipinski definition) is 1. The van der Waals surface area contributed by atoms with Crippen molar-refractivity contribution in [3.8, 4) is 5.69 Å². The highest BCUT2D eigenvalue weighted by Gasteiger charge is 2.13. The van der Waals surface area contributed by atoms with E-state index in [1.807, 2.05) is 90.4 Å². The normalized spacial score (nSPS) is 12.0. The molecule has 1 unspecified atom stereocenters. The smallest absolute Gasteiger partial charge is 0.251 e. The highest BCUT2D eigenvalue weighted by atomic mass is 16.1. The Bertz CT molecular complexity index is 1040. The summed E-state index contributed by atoms with van der Waals surface area (Å²) < 4.78 is 2.02. The molecule has 4 rings (SSSR count). The number of imidazole rings is 1. The molecular formula is C22H19N3O. The molecule has 0 radical (unpaired) electrons. The van der Waals surface area contributed by atoms with E-state index in [9.17, 15) is 4.79 Å². The van der Waals surface area contributed by atoms with Crippen molar-refractivity contribution in [2.24, 2.45) is 0 Å². The van der Waals surface area contributed by atoms with E-state index in [0.29, 0.717) is 5.56 Å². The van der Waals surface area contributed by atoms with E-state index in [1.54, 1.807) is 6.33 Å². The second-order valence-electron chi connectivity index (χ2n) is 6.26. The lowest BCUT2D eigenvalue weighted by atomic mass is 10.1. The number of hydrogen-bond acceptors (Lipinski definition) is 2. The van der Waals surface area contributed by atoms with Gasteiger partial charge in [0.1, 0.15) is 6.33 Å². The summed E-state index contributed by atoms with van der Waals surface area (Å²) >= 11 is 0. The number of fused-ring (bicyclic) bond motifs is 1. The van der Waals surface area contributed by atoms with Gasteiger partial charge < -0.3 is 5.32 Å². The van der Waals surface area contributed by atoms with E-state index in [0.717, 1.165) is 22.3 Å². The van der Waals surface area contributed by atoms with Gasteiger partial charge >= 0.3 is 0 Å². The average molecular weight is 341 g/mol. The summed E-state index contributed by atoms with van der Waals surface area (Å²) in [7, 11) is 0. The van der Waals surface area contributed by atoms with Gasteiger partial charge in [-0.2, -0.15) is 0 Å². The SMILES string of the molecule is CC(NC(=O)c1ccc2c(c1)ncn2-c1ccccc1)c1ccccc1. The lowest BCUT2D eigenvalue weighted by Crippen LogP contribution is -2.26. The first kappa shape index (κ1) is 16.1. The van der Waals surface area contributed by atoms with Gasteiger partial charge in [0.2, 0.25) is 0 Å². The molecule has 3 aromatic carbocycles. The number of carbonyl (C=O) groups is 1. The summed E-state index contributed by atoms with van der Waals surface area (Å²) in [6.07, 6.45) is 1.79. The fourth-order valence-electron chi connectivity index (χ4n) is 3.05. The van der Waals surface area contributed by atoms with Gasteiger partial charge in [0, 0.05) is 11.3 Å². The van der Waals surface area contributed by atoms with Gasteiger partial charge in [-0.1, -0.05) is 48.5 Å². The highest BCUT2D eigenvalue weighted by Crippen LogP contribution is 2.20. The van der Waals surface area contributed by atoms with Gasteiger partial charge in [-0.3, -0.25) is 9.36 Å². The molecule has 1 atom stereocenters. The maximum absolute atomic E-state index is 12.6. The van der Waals surface area contributed by atoms with Crippen LogP contribution in [-0.4, -0.2) is 15.5 Å². The van der Waals surface area contributed by atoms with Crippen molar-refractivity contribution in [2.45, 2.75) is 13.0 Å². The zero-order valence-corrected chi connectivity index (χ0v) is 14.5. The van der Waals surface area contributed by atoms with Gasteiger partial charge in [-0.25, -0.2) is 4.98 Å². The van der Waals surface area contributed by atoms with Gasteiger partial charge in [0.05, 0.1) is 17.1 Å². The van der Waals surface area contributed by atoms with Gasteiger partial charge in [0.25, 0.3) is 5.91 Å². The number of aromatic nitrogens is 2. The van der Waals surface area contributed by atoms with Crippen molar-refractivity contribution in [1.29, 1.82) is 0 Å². The molecular weight excluding hydrogens is 322 g/mol. The molecule has 26 heavy (non-hydrogen) atoms. The molecule has 0 bridgehead atoms. The van der Waals surface area contributed by atoms with E-state index in [1.165, 1.54) is 0 Å². The standard InChI is InChI=1S/C22H19N3O/c1-16(17-8-4-2-5-9-17)24-22(26)18-12-13-21-20(14-18)23-15-25(21)19-10-6-3-7-11-19/h2-16H,1H3,(H,24,26). The predicted molar refractivity (Wildman–Crippen MR) is 103 cm³/mol. The van der Waals surface area contributed by atoms with E-state index >= 15 is 0 Å². The monoisotopic (exact) mass is 341 g/mol. The number of amides is 1. The van der Waals surface area contributed by atoms with Crippen molar-refractivity contribution in [2.75, 3.05) is 0 Å². The van der Waals surface area contributed by atoms with E-state index in [-0.39, 0.29) is 11.9 Å². The first-order valence-electron chi connectivity index (χ1n) is 8.61. The third-order valence-electron chi connectivity index (χ3n) is 4.49. The van der Waals surface area contributed by atoms with Crippen molar-refractivity contribution in [3.05, 3.63) is 96.3 Å². The molecule has 4 heteroatoms. The zero-order chi connectivity index (χ0) is 17.9. The number of nitrogens with one attached hydrogen (secondary N) is 1. The van der Waals surface area contributed by atoms with Gasteiger partial charge in [-0.05, 0) is 42.8 Å². The Balaban J connectivity index is 1.59. The number of para-hydroxylation sites is 1. The van der Waals surface area contributed by atoms with Crippen LogP contribution in [0.3, 0.4) is 0 Å². The summed E-state index contributed by atoms with van der Waals surface area (Å²) in [6, 6.07) is 25.5. The highest BCUT2D eigenvalue weighted by molar-refractivity contribution is 5.97. The molecule has 0 aliphatic rings. The maximum atomic E-state index is 12.6. The van der Waals surface area contributed by atoms with Crippen molar-refractivity contribution in [3.63, 3.8) is 0 Å². The van der Waals surface area contributed by atoms with Crippen LogP contribution in [0.5, 0.6) is 0 Å². The third-order valence-corrected chi connectivity index (χ3v) is 4.49. The molecule has 0 saturated heterocycles. The minimum atomic E-state index is -0.0995. The van der Waals surface area contributed by atoms with Crippen LogP contribution < -0.4 is 5.32 Å². The summed E-state index contributed by atoms with van der Waals surface area (Å²) in [4.78, 5) is 17.1. The molecule has 128 valence electrons. The minimum Gasteiger partial charge on any atom is -0.346 e. The van der Waals surface area contributed by atoms with Gasteiger partial charge in [-0.15, -0.1) is 0 Å². The predicted octanol–water partition coefficient (Wildman–Crippen LogP) is 4.52. The van der Waals surface area contributed by atoms with Crippen LogP contribution in [0.25, 0.3) is 16.7 Å². The molecule has 0 aliphatic heterocycles. The van der Waals surface area contributed by atoms with E-state index in [4.69, 9.17) is 0 Å². The molecule has 0 saturated carbocycles. The first-order chi connectivity index (χ1) is 12.7. The fourth-order valence-corrected chi connectivity index (χ4v) is 3.05. The lowest BCUT2D eigenvalue weighted by Gasteiger charge is -2.14. The largest absolute Gasteiger partial charge is 0.346 e. The summed E-state index contributed by atoms with van der Waals surface area (Å²) in [5.41, 5.74) is 4.51. The molecule has 1 heterocycles. The Morgan fingerprint density at radius 1 is 0.962 bits per heavy atom. The Kier molecular flexibility index (Phi) is 4.23. The Hall–Kier alpha value is -3.40. The topological polar surface area (TPSA) is 46.9 Å². The van der Waals surface area contributed by atoms with Crippen LogP contribution in [0.2, 0.25) is 0 Å². The third kappa shape index (κ3) is 3.09. The molecule has 0 aliphatic carbocycles. The number of nitrogens with zero attached hydrogens (tertiary/aromatic N) is 2. The maximum Gasteiger partial charge on any atom is 0.251 e. The summed E-state index contributed by atoms with van der Waals surface area (Å²) in [5.74, 6) is -0.0995. The number of rotatable bonds is 4. The summed E-state index contributed by atoms with van der Waals surface area (Å²) in [5, 5.41) is 3.04. The summed E-state index contributed by atoms with van der Waals surface area (Å²) in [6.45, 7) is 1.98. The van der Waals surface area contributed by atoms with Crippen LogP contribution >= 0.6 is 0 Å². The Labute approximate surface area is 152 Å². The zero-order valence-electron chi connectivity index (χ0n) is 14.5. The van der Waals surface area contributed by atoms with Crippen molar-refractivity contribution in [1.82, 2.24) is 14.9 Å². The average Bonchev–Trinajstić information content (AvgIpc) is 3.12. The lowest BCUT2D eigenvalue weighted by molar-refractivity contribution is 0.0940. The Morgan fingerprint density at radius 3 is 2.38 bits per heavy atom. The molecule has 4 aromatic rings. The molecule has 1 N–H and O–H groups in total. The van der Waals surface area contributed by atoms with Crippen LogP contribution in [0, 0.1) is 0 Å². The van der Waals surface area contributed by atoms with Crippen molar-refractivity contribution < 1.29 is 4.79 Å².